The zero-order valence-corrected chi connectivity index (χ0v) is 12.1. The number of aliphatic hydroxyl groups is 1. The number of carbonyl (C=O) groups is 1. The van der Waals surface area contributed by atoms with Crippen LogP contribution in [0.25, 0.3) is 0 Å². The molecule has 0 spiro atoms. The number of aliphatic hydroxyl groups excluding tert-OH is 1. The SMILES string of the molecule is CCCNc1cc(C)ccc1C(=O)N(CC)CCO. The first-order valence-electron chi connectivity index (χ1n) is 6.88. The van der Waals surface area contributed by atoms with Crippen LogP contribution in [-0.4, -0.2) is 42.2 Å². The van der Waals surface area contributed by atoms with Crippen molar-refractivity contribution in [1.82, 2.24) is 4.90 Å². The van der Waals surface area contributed by atoms with Crippen molar-refractivity contribution in [3.8, 4) is 0 Å². The lowest BCUT2D eigenvalue weighted by Crippen LogP contribution is -2.33. The van der Waals surface area contributed by atoms with Gasteiger partial charge in [-0.25, -0.2) is 0 Å². The third-order valence-corrected chi connectivity index (χ3v) is 3.01. The molecule has 0 heterocycles. The van der Waals surface area contributed by atoms with Crippen LogP contribution in [0.5, 0.6) is 0 Å². The predicted octanol–water partition coefficient (Wildman–Crippen LogP) is 2.27. The minimum absolute atomic E-state index is 0.0108. The van der Waals surface area contributed by atoms with Gasteiger partial charge in [-0.1, -0.05) is 13.0 Å². The van der Waals surface area contributed by atoms with E-state index in [1.54, 1.807) is 4.90 Å². The fourth-order valence-electron chi connectivity index (χ4n) is 1.94. The second kappa shape index (κ2) is 7.79. The van der Waals surface area contributed by atoms with E-state index < -0.39 is 0 Å². The van der Waals surface area contributed by atoms with Crippen LogP contribution in [-0.2, 0) is 0 Å². The summed E-state index contributed by atoms with van der Waals surface area (Å²) in [6.07, 6.45) is 1.01. The number of carbonyl (C=O) groups excluding carboxylic acids is 1. The van der Waals surface area contributed by atoms with Crippen LogP contribution in [0.2, 0.25) is 0 Å². The Kier molecular flexibility index (Phi) is 6.36. The zero-order valence-electron chi connectivity index (χ0n) is 12.1. The number of likely N-dealkylation sites (N-methyl/N-ethyl adjacent to an activating group) is 1. The molecule has 0 atom stereocenters. The van der Waals surface area contributed by atoms with E-state index >= 15 is 0 Å². The van der Waals surface area contributed by atoms with Crippen molar-refractivity contribution >= 4 is 11.6 Å². The summed E-state index contributed by atoms with van der Waals surface area (Å²) in [6, 6.07) is 5.79. The van der Waals surface area contributed by atoms with Crippen LogP contribution in [0.15, 0.2) is 18.2 Å². The third-order valence-electron chi connectivity index (χ3n) is 3.01. The highest BCUT2D eigenvalue weighted by Crippen LogP contribution is 2.19. The first kappa shape index (κ1) is 15.5. The first-order chi connectivity index (χ1) is 9.13. The minimum Gasteiger partial charge on any atom is -0.395 e. The van der Waals surface area contributed by atoms with Crippen molar-refractivity contribution in [2.24, 2.45) is 0 Å². The molecule has 2 N–H and O–H groups in total. The van der Waals surface area contributed by atoms with E-state index in [9.17, 15) is 4.79 Å². The normalized spacial score (nSPS) is 10.3. The Hall–Kier alpha value is -1.55. The van der Waals surface area contributed by atoms with Crippen LogP contribution >= 0.6 is 0 Å². The molecular formula is C15H24N2O2. The van der Waals surface area contributed by atoms with Crippen LogP contribution in [0.4, 0.5) is 5.69 Å². The molecule has 0 unspecified atom stereocenters. The highest BCUT2D eigenvalue weighted by Gasteiger charge is 2.17. The number of rotatable bonds is 7. The number of nitrogens with one attached hydrogen (secondary N) is 1. The maximum Gasteiger partial charge on any atom is 0.256 e. The Labute approximate surface area is 115 Å². The molecule has 1 aromatic carbocycles. The molecule has 106 valence electrons. The summed E-state index contributed by atoms with van der Waals surface area (Å²) >= 11 is 0. The standard InChI is InChI=1S/C15H24N2O2/c1-4-8-16-14-11-12(3)6-7-13(14)15(19)17(5-2)9-10-18/h6-7,11,16,18H,4-5,8-10H2,1-3H3. The number of nitrogens with zero attached hydrogens (tertiary/aromatic N) is 1. The average Bonchev–Trinajstić information content (AvgIpc) is 2.42. The van der Waals surface area contributed by atoms with Crippen molar-refractivity contribution in [2.45, 2.75) is 27.2 Å². The monoisotopic (exact) mass is 264 g/mol. The molecule has 0 radical (unpaired) electrons. The van der Waals surface area contributed by atoms with E-state index in [0.717, 1.165) is 24.2 Å². The molecule has 0 aliphatic heterocycles. The van der Waals surface area contributed by atoms with Gasteiger partial charge < -0.3 is 15.3 Å². The van der Waals surface area contributed by atoms with Crippen molar-refractivity contribution in [1.29, 1.82) is 0 Å². The van der Waals surface area contributed by atoms with Crippen LogP contribution < -0.4 is 5.32 Å². The molecule has 0 fully saturated rings. The summed E-state index contributed by atoms with van der Waals surface area (Å²) in [5.74, 6) is -0.0323. The maximum absolute atomic E-state index is 12.4. The Morgan fingerprint density at radius 3 is 2.68 bits per heavy atom. The molecule has 0 bridgehead atoms. The van der Waals surface area contributed by atoms with E-state index in [-0.39, 0.29) is 12.5 Å². The fourth-order valence-corrected chi connectivity index (χ4v) is 1.94. The molecule has 4 heteroatoms. The van der Waals surface area contributed by atoms with Crippen molar-refractivity contribution in [3.63, 3.8) is 0 Å². The number of amides is 1. The Morgan fingerprint density at radius 1 is 1.37 bits per heavy atom. The molecule has 1 aromatic rings. The Morgan fingerprint density at radius 2 is 2.11 bits per heavy atom. The lowest BCUT2D eigenvalue weighted by Gasteiger charge is -2.22. The van der Waals surface area contributed by atoms with Gasteiger partial charge in [0.15, 0.2) is 0 Å². The maximum atomic E-state index is 12.4. The molecular weight excluding hydrogens is 240 g/mol. The van der Waals surface area contributed by atoms with E-state index in [1.165, 1.54) is 0 Å². The second-order valence-electron chi connectivity index (χ2n) is 4.58. The molecule has 19 heavy (non-hydrogen) atoms. The summed E-state index contributed by atoms with van der Waals surface area (Å²) in [5, 5.41) is 12.3. The molecule has 4 nitrogen and oxygen atoms in total. The average molecular weight is 264 g/mol. The number of aryl methyl sites for hydroxylation is 1. The number of benzene rings is 1. The topological polar surface area (TPSA) is 52.6 Å². The lowest BCUT2D eigenvalue weighted by molar-refractivity contribution is 0.0733. The smallest absolute Gasteiger partial charge is 0.256 e. The van der Waals surface area contributed by atoms with Crippen molar-refractivity contribution < 1.29 is 9.90 Å². The van der Waals surface area contributed by atoms with Crippen LogP contribution in [0, 0.1) is 6.92 Å². The Balaban J connectivity index is 2.99. The van der Waals surface area contributed by atoms with Gasteiger partial charge in [-0.15, -0.1) is 0 Å². The van der Waals surface area contributed by atoms with Gasteiger partial charge in [0.2, 0.25) is 0 Å². The molecule has 0 aliphatic carbocycles. The molecule has 0 saturated heterocycles. The van der Waals surface area contributed by atoms with E-state index in [1.807, 2.05) is 32.0 Å². The summed E-state index contributed by atoms with van der Waals surface area (Å²) in [6.45, 7) is 7.82. The van der Waals surface area contributed by atoms with Gasteiger partial charge in [-0.3, -0.25) is 4.79 Å². The van der Waals surface area contributed by atoms with Crippen molar-refractivity contribution in [3.05, 3.63) is 29.3 Å². The predicted molar refractivity (Wildman–Crippen MR) is 78.6 cm³/mol. The van der Waals surface area contributed by atoms with E-state index in [0.29, 0.717) is 18.7 Å². The summed E-state index contributed by atoms with van der Waals surface area (Å²) in [5.41, 5.74) is 2.68. The summed E-state index contributed by atoms with van der Waals surface area (Å²) < 4.78 is 0. The van der Waals surface area contributed by atoms with Crippen LogP contribution in [0.3, 0.4) is 0 Å². The van der Waals surface area contributed by atoms with Gasteiger partial charge in [0, 0.05) is 25.3 Å². The van der Waals surface area contributed by atoms with Gasteiger partial charge in [0.1, 0.15) is 0 Å². The quantitative estimate of drug-likeness (QED) is 0.794. The lowest BCUT2D eigenvalue weighted by atomic mass is 10.1. The highest BCUT2D eigenvalue weighted by atomic mass is 16.3. The third kappa shape index (κ3) is 4.24. The highest BCUT2D eigenvalue weighted by molar-refractivity contribution is 5.99. The summed E-state index contributed by atoms with van der Waals surface area (Å²) in [4.78, 5) is 14.1. The van der Waals surface area contributed by atoms with Gasteiger partial charge in [-0.05, 0) is 38.0 Å². The number of hydrogen-bond acceptors (Lipinski definition) is 3. The van der Waals surface area contributed by atoms with Crippen LogP contribution in [0.1, 0.15) is 36.2 Å². The Bertz CT molecular complexity index is 419. The first-order valence-corrected chi connectivity index (χ1v) is 6.88. The van der Waals surface area contributed by atoms with E-state index in [2.05, 4.69) is 12.2 Å². The molecule has 1 rings (SSSR count). The number of anilines is 1. The van der Waals surface area contributed by atoms with Gasteiger partial charge in [0.25, 0.3) is 5.91 Å². The second-order valence-corrected chi connectivity index (χ2v) is 4.58. The molecule has 0 aliphatic rings. The fraction of sp³-hybridized carbons (Fsp3) is 0.533. The largest absolute Gasteiger partial charge is 0.395 e. The van der Waals surface area contributed by atoms with Gasteiger partial charge >= 0.3 is 0 Å². The van der Waals surface area contributed by atoms with E-state index in [4.69, 9.17) is 5.11 Å². The summed E-state index contributed by atoms with van der Waals surface area (Å²) in [7, 11) is 0. The molecule has 0 aromatic heterocycles. The minimum atomic E-state index is -0.0323. The number of hydrogen-bond donors (Lipinski definition) is 2. The van der Waals surface area contributed by atoms with Gasteiger partial charge in [-0.2, -0.15) is 0 Å². The molecule has 1 amide bonds. The van der Waals surface area contributed by atoms with Gasteiger partial charge in [0.05, 0.1) is 12.2 Å². The van der Waals surface area contributed by atoms with Crippen molar-refractivity contribution in [2.75, 3.05) is 31.6 Å². The molecule has 0 saturated carbocycles. The zero-order chi connectivity index (χ0) is 14.3.